The van der Waals surface area contributed by atoms with Gasteiger partial charge >= 0.3 is 6.61 Å². The third kappa shape index (κ3) is 5.48. The lowest BCUT2D eigenvalue weighted by atomic mass is 10.1. The van der Waals surface area contributed by atoms with Crippen LogP contribution < -0.4 is 19.5 Å². The highest BCUT2D eigenvalue weighted by molar-refractivity contribution is 7.99. The van der Waals surface area contributed by atoms with Crippen molar-refractivity contribution in [3.8, 4) is 28.5 Å². The van der Waals surface area contributed by atoms with Crippen molar-refractivity contribution in [3.63, 3.8) is 0 Å². The lowest BCUT2D eigenvalue weighted by molar-refractivity contribution is -0.117. The Bertz CT molecular complexity index is 1180. The Balaban J connectivity index is 1.37. The van der Waals surface area contributed by atoms with E-state index < -0.39 is 18.4 Å². The number of fused-ring (bicyclic) bond motifs is 1. The fraction of sp³-hybridized carbons (Fsp3) is 0.261. The van der Waals surface area contributed by atoms with Gasteiger partial charge < -0.3 is 18.8 Å². The third-order valence-electron chi connectivity index (χ3n) is 4.90. The molecule has 0 bridgehead atoms. The van der Waals surface area contributed by atoms with E-state index in [2.05, 4.69) is 15.0 Å². The second kappa shape index (κ2) is 10.6. The third-order valence-corrected chi connectivity index (χ3v) is 5.89. The number of halogens is 2. The number of amides is 2. The lowest BCUT2D eigenvalue weighted by Gasteiger charge is -2.19. The van der Waals surface area contributed by atoms with E-state index in [0.717, 1.165) is 11.3 Å². The Hall–Kier alpha value is -3.60. The molecule has 0 radical (unpaired) electrons. The summed E-state index contributed by atoms with van der Waals surface area (Å²) in [6, 6.07) is 10.8. The van der Waals surface area contributed by atoms with Crippen LogP contribution >= 0.6 is 11.8 Å². The van der Waals surface area contributed by atoms with Gasteiger partial charge in [-0.05, 0) is 49.4 Å². The molecule has 1 N–H and O–H groups in total. The van der Waals surface area contributed by atoms with Gasteiger partial charge in [0.1, 0.15) is 19.0 Å². The van der Waals surface area contributed by atoms with Crippen LogP contribution in [0, 0.1) is 0 Å². The normalized spacial score (nSPS) is 12.5. The van der Waals surface area contributed by atoms with Gasteiger partial charge in [0.05, 0.1) is 17.6 Å². The molecule has 1 aliphatic heterocycles. The van der Waals surface area contributed by atoms with Crippen LogP contribution in [0.4, 0.5) is 8.78 Å². The molecule has 0 unspecified atom stereocenters. The highest BCUT2D eigenvalue weighted by Crippen LogP contribution is 2.35. The number of alkyl halides is 2. The Morgan fingerprint density at radius 2 is 1.88 bits per heavy atom. The highest BCUT2D eigenvalue weighted by Gasteiger charge is 2.18. The molecule has 2 aromatic carbocycles. The average Bonchev–Trinajstić information content (AvgIpc) is 3.25. The molecule has 8 nitrogen and oxygen atoms in total. The van der Waals surface area contributed by atoms with Gasteiger partial charge in [0.2, 0.25) is 5.91 Å². The second-order valence-electron chi connectivity index (χ2n) is 7.10. The van der Waals surface area contributed by atoms with Crippen LogP contribution in [0.5, 0.6) is 17.2 Å². The molecule has 2 heterocycles. The number of carbonyl (C=O) groups is 2. The molecule has 0 saturated carbocycles. The first-order valence-electron chi connectivity index (χ1n) is 10.4. The Kier molecular flexibility index (Phi) is 7.31. The van der Waals surface area contributed by atoms with Gasteiger partial charge in [-0.3, -0.25) is 14.9 Å². The lowest BCUT2D eigenvalue weighted by Crippen LogP contribution is -2.31. The minimum Gasteiger partial charge on any atom is -0.486 e. The van der Waals surface area contributed by atoms with Gasteiger partial charge in [0, 0.05) is 17.7 Å². The summed E-state index contributed by atoms with van der Waals surface area (Å²) in [5.74, 6) is 0.127. The largest absolute Gasteiger partial charge is 0.486 e. The van der Waals surface area contributed by atoms with Gasteiger partial charge in [-0.15, -0.1) is 0 Å². The van der Waals surface area contributed by atoms with Crippen LogP contribution in [0.2, 0.25) is 0 Å². The van der Waals surface area contributed by atoms with E-state index in [1.54, 1.807) is 6.20 Å². The molecular weight excluding hydrogens is 468 g/mol. The zero-order valence-corrected chi connectivity index (χ0v) is 18.9. The summed E-state index contributed by atoms with van der Waals surface area (Å²) in [5, 5.41) is 2.91. The van der Waals surface area contributed by atoms with Crippen molar-refractivity contribution >= 4 is 23.6 Å². The Morgan fingerprint density at radius 3 is 2.59 bits per heavy atom. The smallest absolute Gasteiger partial charge is 0.387 e. The predicted molar refractivity (Wildman–Crippen MR) is 121 cm³/mol. The quantitative estimate of drug-likeness (QED) is 0.479. The molecule has 11 heteroatoms. The molecule has 3 aromatic rings. The topological polar surface area (TPSA) is 91.7 Å². The molecule has 0 saturated heterocycles. The fourth-order valence-corrected chi connectivity index (χ4v) is 4.21. The number of nitrogens with zero attached hydrogens (tertiary/aromatic N) is 2. The second-order valence-corrected chi connectivity index (χ2v) is 8.04. The van der Waals surface area contributed by atoms with Gasteiger partial charge in [-0.1, -0.05) is 11.8 Å². The van der Waals surface area contributed by atoms with Crippen LogP contribution in [0.25, 0.3) is 11.3 Å². The van der Waals surface area contributed by atoms with Crippen molar-refractivity contribution in [2.24, 2.45) is 0 Å². The maximum Gasteiger partial charge on any atom is 0.387 e. The molecule has 0 aliphatic carbocycles. The zero-order chi connectivity index (χ0) is 24.1. The first-order chi connectivity index (χ1) is 16.4. The fourth-order valence-electron chi connectivity index (χ4n) is 3.37. The van der Waals surface area contributed by atoms with Gasteiger partial charge in [-0.25, -0.2) is 4.98 Å². The van der Waals surface area contributed by atoms with E-state index >= 15 is 0 Å². The van der Waals surface area contributed by atoms with E-state index in [1.807, 2.05) is 29.7 Å². The monoisotopic (exact) mass is 489 g/mol. The van der Waals surface area contributed by atoms with Gasteiger partial charge in [0.15, 0.2) is 16.7 Å². The summed E-state index contributed by atoms with van der Waals surface area (Å²) < 4.78 is 41.9. The van der Waals surface area contributed by atoms with Crippen molar-refractivity contribution in [2.45, 2.75) is 25.2 Å². The SMILES string of the molecule is CCn1c(-c2ccc3c(c2)OCCO3)cnc1SCC(=O)NC(=O)c1ccc(OC(F)F)cc1. The van der Waals surface area contributed by atoms with E-state index in [0.29, 0.717) is 36.4 Å². The summed E-state index contributed by atoms with van der Waals surface area (Å²) in [4.78, 5) is 29.0. The number of aromatic nitrogens is 2. The van der Waals surface area contributed by atoms with Crippen molar-refractivity contribution in [2.75, 3.05) is 19.0 Å². The number of imide groups is 1. The molecule has 2 amide bonds. The van der Waals surface area contributed by atoms with Crippen molar-refractivity contribution in [1.29, 1.82) is 0 Å². The molecule has 0 fully saturated rings. The number of ether oxygens (including phenoxy) is 3. The van der Waals surface area contributed by atoms with Crippen LogP contribution in [0.15, 0.2) is 53.8 Å². The maximum atomic E-state index is 12.3. The number of carbonyl (C=O) groups excluding carboxylic acids is 2. The zero-order valence-electron chi connectivity index (χ0n) is 18.1. The molecule has 1 aromatic heterocycles. The number of thioether (sulfide) groups is 1. The Morgan fingerprint density at radius 1 is 1.15 bits per heavy atom. The molecule has 0 spiro atoms. The van der Waals surface area contributed by atoms with E-state index in [1.165, 1.54) is 36.0 Å². The van der Waals surface area contributed by atoms with Crippen molar-refractivity contribution in [1.82, 2.24) is 14.9 Å². The number of imidazole rings is 1. The summed E-state index contributed by atoms with van der Waals surface area (Å²) in [6.45, 7) is 0.650. The standard InChI is InChI=1S/C23H21F2N3O5S/c1-2-28-17(15-5-8-18-19(11-15)32-10-9-31-18)12-26-23(28)34-13-20(29)27-21(30)14-3-6-16(7-4-14)33-22(24)25/h3-8,11-12,22H,2,9-10,13H2,1H3,(H,27,29,30). The first-order valence-corrected chi connectivity index (χ1v) is 11.4. The summed E-state index contributed by atoms with van der Waals surface area (Å²) >= 11 is 1.20. The number of rotatable bonds is 8. The minimum absolute atomic E-state index is 0.0318. The molecule has 178 valence electrons. The van der Waals surface area contributed by atoms with E-state index in [9.17, 15) is 18.4 Å². The van der Waals surface area contributed by atoms with Crippen LogP contribution in [-0.2, 0) is 11.3 Å². The Labute approximate surface area is 198 Å². The highest BCUT2D eigenvalue weighted by atomic mass is 32.2. The molecule has 4 rings (SSSR count). The summed E-state index contributed by atoms with van der Waals surface area (Å²) in [5.41, 5.74) is 1.92. The summed E-state index contributed by atoms with van der Waals surface area (Å²) in [6.07, 6.45) is 1.73. The minimum atomic E-state index is -2.95. The van der Waals surface area contributed by atoms with Crippen molar-refractivity contribution in [3.05, 3.63) is 54.2 Å². The number of nitrogens with one attached hydrogen (secondary N) is 1. The van der Waals surface area contributed by atoms with E-state index in [-0.39, 0.29) is 17.1 Å². The molecular formula is C23H21F2N3O5S. The predicted octanol–water partition coefficient (Wildman–Crippen LogP) is 3.99. The van der Waals surface area contributed by atoms with Gasteiger partial charge in [-0.2, -0.15) is 8.78 Å². The number of hydrogen-bond acceptors (Lipinski definition) is 7. The number of hydrogen-bond donors (Lipinski definition) is 1. The van der Waals surface area contributed by atoms with Crippen LogP contribution in [-0.4, -0.2) is 46.9 Å². The summed E-state index contributed by atoms with van der Waals surface area (Å²) in [7, 11) is 0. The van der Waals surface area contributed by atoms with Crippen molar-refractivity contribution < 1.29 is 32.6 Å². The maximum absolute atomic E-state index is 12.3. The average molecular weight is 490 g/mol. The molecule has 0 atom stereocenters. The van der Waals surface area contributed by atoms with E-state index in [4.69, 9.17) is 9.47 Å². The van der Waals surface area contributed by atoms with Crippen LogP contribution in [0.1, 0.15) is 17.3 Å². The molecule has 1 aliphatic rings. The number of benzene rings is 2. The molecule has 34 heavy (non-hydrogen) atoms. The van der Waals surface area contributed by atoms with Crippen LogP contribution in [0.3, 0.4) is 0 Å². The van der Waals surface area contributed by atoms with Gasteiger partial charge in [0.25, 0.3) is 5.91 Å². The first kappa shape index (κ1) is 23.6.